The zero-order chi connectivity index (χ0) is 12.1. The van der Waals surface area contributed by atoms with Crippen LogP contribution in [0.1, 0.15) is 10.4 Å². The molecule has 0 aliphatic rings. The maximum Gasteiger partial charge on any atom is 0.251 e. The average molecular weight is 305 g/mol. The first-order valence-corrected chi connectivity index (χ1v) is 7.16. The van der Waals surface area contributed by atoms with E-state index < -0.39 is 10.8 Å². The van der Waals surface area contributed by atoms with Crippen LogP contribution in [0.4, 0.5) is 5.69 Å². The summed E-state index contributed by atoms with van der Waals surface area (Å²) < 4.78 is 11.6. The number of benzene rings is 1. The molecule has 0 heterocycles. The lowest BCUT2D eigenvalue weighted by Gasteiger charge is -2.05. The molecule has 1 aromatic carbocycles. The molecule has 4 nitrogen and oxygen atoms in total. The number of nitrogens with one attached hydrogen (secondary N) is 1. The zero-order valence-electron chi connectivity index (χ0n) is 8.83. The molecule has 3 N–H and O–H groups in total. The standard InChI is InChI=1S/C10H13BrN2O2S/c1-16(15)5-4-13-10(14)7-2-3-8(11)9(12)6-7/h2-3,6H,4-5,12H2,1H3,(H,13,14). The Morgan fingerprint density at radius 3 is 2.81 bits per heavy atom. The molecule has 1 rings (SSSR count). The Labute approximate surface area is 105 Å². The van der Waals surface area contributed by atoms with E-state index in [-0.39, 0.29) is 5.91 Å². The first kappa shape index (κ1) is 13.2. The van der Waals surface area contributed by atoms with Crippen LogP contribution >= 0.6 is 15.9 Å². The van der Waals surface area contributed by atoms with Crippen molar-refractivity contribution in [1.29, 1.82) is 0 Å². The normalized spacial score (nSPS) is 12.1. The maximum atomic E-state index is 11.6. The fourth-order valence-electron chi connectivity index (χ4n) is 1.10. The highest BCUT2D eigenvalue weighted by atomic mass is 79.9. The fraction of sp³-hybridized carbons (Fsp3) is 0.300. The Morgan fingerprint density at radius 1 is 1.56 bits per heavy atom. The monoisotopic (exact) mass is 304 g/mol. The molecule has 1 amide bonds. The maximum absolute atomic E-state index is 11.6. The summed E-state index contributed by atoms with van der Waals surface area (Å²) in [6.45, 7) is 0.401. The van der Waals surface area contributed by atoms with Crippen LogP contribution in [0.3, 0.4) is 0 Å². The van der Waals surface area contributed by atoms with E-state index in [1.54, 1.807) is 24.5 Å². The van der Waals surface area contributed by atoms with Gasteiger partial charge in [0.25, 0.3) is 5.91 Å². The SMILES string of the molecule is CS(=O)CCNC(=O)c1ccc(Br)c(N)c1. The third-order valence-corrected chi connectivity index (χ3v) is 3.43. The van der Waals surface area contributed by atoms with Crippen LogP contribution in [0, 0.1) is 0 Å². The molecule has 0 fully saturated rings. The molecule has 1 aromatic rings. The molecule has 0 radical (unpaired) electrons. The molecule has 1 atom stereocenters. The number of carbonyl (C=O) groups is 1. The van der Waals surface area contributed by atoms with Crippen LogP contribution in [0.2, 0.25) is 0 Å². The molecule has 16 heavy (non-hydrogen) atoms. The zero-order valence-corrected chi connectivity index (χ0v) is 11.2. The van der Waals surface area contributed by atoms with Gasteiger partial charge >= 0.3 is 0 Å². The van der Waals surface area contributed by atoms with Crippen molar-refractivity contribution < 1.29 is 9.00 Å². The van der Waals surface area contributed by atoms with Crippen LogP contribution in [-0.4, -0.2) is 28.7 Å². The average Bonchev–Trinajstić information content (AvgIpc) is 2.21. The summed E-state index contributed by atoms with van der Waals surface area (Å²) in [7, 11) is -0.893. The van der Waals surface area contributed by atoms with Gasteiger partial charge in [-0.1, -0.05) is 0 Å². The van der Waals surface area contributed by atoms with E-state index in [1.165, 1.54) is 0 Å². The fourth-order valence-corrected chi connectivity index (χ4v) is 1.73. The van der Waals surface area contributed by atoms with Crippen LogP contribution in [0.25, 0.3) is 0 Å². The highest BCUT2D eigenvalue weighted by Gasteiger charge is 2.06. The second-order valence-corrected chi connectivity index (χ2v) is 5.68. The van der Waals surface area contributed by atoms with Crippen molar-refractivity contribution >= 4 is 38.3 Å². The lowest BCUT2D eigenvalue weighted by molar-refractivity contribution is 0.0956. The van der Waals surface area contributed by atoms with Gasteiger partial charge in [-0.3, -0.25) is 9.00 Å². The van der Waals surface area contributed by atoms with E-state index in [0.29, 0.717) is 23.5 Å². The van der Waals surface area contributed by atoms with Gasteiger partial charge in [0.1, 0.15) is 0 Å². The van der Waals surface area contributed by atoms with Gasteiger partial charge in [-0.05, 0) is 34.1 Å². The number of carbonyl (C=O) groups excluding carboxylic acids is 1. The Kier molecular flexibility index (Phi) is 4.95. The Bertz CT molecular complexity index is 423. The van der Waals surface area contributed by atoms with Crippen molar-refractivity contribution in [3.05, 3.63) is 28.2 Å². The van der Waals surface area contributed by atoms with Gasteiger partial charge in [0.2, 0.25) is 0 Å². The number of hydrogen-bond donors (Lipinski definition) is 2. The molecule has 1 unspecified atom stereocenters. The van der Waals surface area contributed by atoms with E-state index in [1.807, 2.05) is 0 Å². The van der Waals surface area contributed by atoms with Crippen LogP contribution in [-0.2, 0) is 10.8 Å². The number of nitrogens with two attached hydrogens (primary N) is 1. The van der Waals surface area contributed by atoms with Crippen molar-refractivity contribution in [3.63, 3.8) is 0 Å². The first-order valence-electron chi connectivity index (χ1n) is 4.64. The molecule has 0 saturated heterocycles. The highest BCUT2D eigenvalue weighted by Crippen LogP contribution is 2.19. The van der Waals surface area contributed by atoms with E-state index in [0.717, 1.165) is 4.47 Å². The quantitative estimate of drug-likeness (QED) is 0.819. The van der Waals surface area contributed by atoms with Crippen LogP contribution in [0.5, 0.6) is 0 Å². The summed E-state index contributed by atoms with van der Waals surface area (Å²) in [5, 5.41) is 2.67. The number of halogens is 1. The van der Waals surface area contributed by atoms with Crippen molar-refractivity contribution in [2.75, 3.05) is 24.3 Å². The van der Waals surface area contributed by atoms with Gasteiger partial charge in [-0.25, -0.2) is 0 Å². The van der Waals surface area contributed by atoms with E-state index in [9.17, 15) is 9.00 Å². The van der Waals surface area contributed by atoms with Crippen LogP contribution in [0.15, 0.2) is 22.7 Å². The van der Waals surface area contributed by atoms with Gasteiger partial charge in [0, 0.05) is 45.1 Å². The summed E-state index contributed by atoms with van der Waals surface area (Å²) >= 11 is 3.25. The molecule has 6 heteroatoms. The minimum absolute atomic E-state index is 0.204. The van der Waals surface area contributed by atoms with E-state index in [2.05, 4.69) is 21.2 Å². The lowest BCUT2D eigenvalue weighted by atomic mass is 10.2. The van der Waals surface area contributed by atoms with Crippen molar-refractivity contribution in [2.45, 2.75) is 0 Å². The minimum atomic E-state index is -0.893. The molecule has 0 spiro atoms. The van der Waals surface area contributed by atoms with Gasteiger partial charge in [-0.15, -0.1) is 0 Å². The number of rotatable bonds is 4. The highest BCUT2D eigenvalue weighted by molar-refractivity contribution is 9.10. The van der Waals surface area contributed by atoms with Gasteiger partial charge in [0.05, 0.1) is 0 Å². The van der Waals surface area contributed by atoms with Crippen molar-refractivity contribution in [2.24, 2.45) is 0 Å². The molecule has 0 aliphatic carbocycles. The molecule has 0 saturated carbocycles. The molecule has 0 bridgehead atoms. The third kappa shape index (κ3) is 3.94. The van der Waals surface area contributed by atoms with Crippen molar-refractivity contribution in [3.8, 4) is 0 Å². The largest absolute Gasteiger partial charge is 0.398 e. The Balaban J connectivity index is 2.59. The molecular weight excluding hydrogens is 292 g/mol. The number of anilines is 1. The van der Waals surface area contributed by atoms with E-state index >= 15 is 0 Å². The van der Waals surface area contributed by atoms with Crippen molar-refractivity contribution in [1.82, 2.24) is 5.32 Å². The first-order chi connectivity index (χ1) is 7.50. The smallest absolute Gasteiger partial charge is 0.251 e. The topological polar surface area (TPSA) is 72.2 Å². The Hall–Kier alpha value is -0.880. The number of amides is 1. The predicted molar refractivity (Wildman–Crippen MR) is 69.8 cm³/mol. The van der Waals surface area contributed by atoms with Gasteiger partial charge in [-0.2, -0.15) is 0 Å². The molecular formula is C10H13BrN2O2S. The second kappa shape index (κ2) is 6.00. The number of nitrogen functional groups attached to an aromatic ring is 1. The lowest BCUT2D eigenvalue weighted by Crippen LogP contribution is -2.27. The van der Waals surface area contributed by atoms with Gasteiger partial charge < -0.3 is 11.1 Å². The summed E-state index contributed by atoms with van der Waals surface area (Å²) in [4.78, 5) is 11.6. The summed E-state index contributed by atoms with van der Waals surface area (Å²) in [5.74, 6) is 0.252. The third-order valence-electron chi connectivity index (χ3n) is 1.93. The summed E-state index contributed by atoms with van der Waals surface area (Å²) in [6.07, 6.45) is 1.60. The molecule has 0 aliphatic heterocycles. The summed E-state index contributed by atoms with van der Waals surface area (Å²) in [5.41, 5.74) is 6.68. The van der Waals surface area contributed by atoms with Gasteiger partial charge in [0.15, 0.2) is 0 Å². The van der Waals surface area contributed by atoms with E-state index in [4.69, 9.17) is 5.73 Å². The Morgan fingerprint density at radius 2 is 2.25 bits per heavy atom. The second-order valence-electron chi connectivity index (χ2n) is 3.27. The molecule has 0 aromatic heterocycles. The number of hydrogen-bond acceptors (Lipinski definition) is 3. The summed E-state index contributed by atoms with van der Waals surface area (Å²) in [6, 6.07) is 5.00. The predicted octanol–water partition coefficient (Wildman–Crippen LogP) is 1.14. The minimum Gasteiger partial charge on any atom is -0.398 e. The molecule has 88 valence electrons. The van der Waals surface area contributed by atoms with Crippen LogP contribution < -0.4 is 11.1 Å².